The van der Waals surface area contributed by atoms with Gasteiger partial charge in [-0.3, -0.25) is 9.59 Å². The molecule has 0 spiro atoms. The molecule has 1 heterocycles. The van der Waals surface area contributed by atoms with E-state index in [0.717, 1.165) is 37.7 Å². The van der Waals surface area contributed by atoms with Crippen LogP contribution in [-0.2, 0) is 17.6 Å². The Bertz CT molecular complexity index is 562. The molecule has 1 N–H and O–H groups in total. The van der Waals surface area contributed by atoms with Crippen LogP contribution in [-0.4, -0.2) is 34.5 Å². The van der Waals surface area contributed by atoms with Crippen LogP contribution in [0.5, 0.6) is 0 Å². The first-order valence-corrected chi connectivity index (χ1v) is 8.56. The molecule has 1 unspecified atom stereocenters. The molecule has 114 valence electrons. The maximum Gasteiger partial charge on any atom is 0.305 e. The molecule has 3 rings (SSSR count). The molecule has 5 heteroatoms. The number of carbonyl (C=O) groups is 2. The smallest absolute Gasteiger partial charge is 0.305 e. The van der Waals surface area contributed by atoms with E-state index in [4.69, 9.17) is 5.11 Å². The van der Waals surface area contributed by atoms with Crippen LogP contribution in [0.2, 0.25) is 0 Å². The topological polar surface area (TPSA) is 57.6 Å². The number of rotatable bonds is 5. The van der Waals surface area contributed by atoms with Crippen LogP contribution in [0.3, 0.4) is 0 Å². The molecule has 0 aromatic carbocycles. The molecule has 0 aliphatic heterocycles. The van der Waals surface area contributed by atoms with E-state index in [9.17, 15) is 9.59 Å². The van der Waals surface area contributed by atoms with E-state index in [1.54, 1.807) is 16.2 Å². The van der Waals surface area contributed by atoms with Gasteiger partial charge < -0.3 is 10.0 Å². The third-order valence-corrected chi connectivity index (χ3v) is 5.50. The van der Waals surface area contributed by atoms with E-state index in [1.165, 1.54) is 10.4 Å². The largest absolute Gasteiger partial charge is 0.481 e. The number of thiophene rings is 1. The molecule has 21 heavy (non-hydrogen) atoms. The quantitative estimate of drug-likeness (QED) is 0.910. The van der Waals surface area contributed by atoms with Crippen molar-refractivity contribution >= 4 is 23.2 Å². The van der Waals surface area contributed by atoms with Crippen molar-refractivity contribution in [3.05, 3.63) is 21.4 Å². The zero-order valence-electron chi connectivity index (χ0n) is 12.3. The van der Waals surface area contributed by atoms with Gasteiger partial charge in [0.05, 0.1) is 12.0 Å². The highest BCUT2D eigenvalue weighted by molar-refractivity contribution is 7.10. The van der Waals surface area contributed by atoms with Gasteiger partial charge in [0, 0.05) is 22.8 Å². The first-order chi connectivity index (χ1) is 10.1. The maximum atomic E-state index is 12.8. The first kappa shape index (κ1) is 14.6. The van der Waals surface area contributed by atoms with Crippen molar-refractivity contribution in [1.82, 2.24) is 4.90 Å². The zero-order valence-corrected chi connectivity index (χ0v) is 13.1. The van der Waals surface area contributed by atoms with E-state index in [1.807, 2.05) is 5.38 Å². The van der Waals surface area contributed by atoms with E-state index < -0.39 is 5.97 Å². The van der Waals surface area contributed by atoms with Gasteiger partial charge in [-0.1, -0.05) is 6.92 Å². The number of hydrogen-bond acceptors (Lipinski definition) is 3. The standard InChI is InChI=1S/C16H21NO3S/c1-10-2-5-12-13(9-21-14(12)8-10)16(20)17(11-3-4-11)7-6-15(18)19/h9-11H,2-8H2,1H3,(H,18,19). The summed E-state index contributed by atoms with van der Waals surface area (Å²) in [4.78, 5) is 26.7. The molecular weight excluding hydrogens is 286 g/mol. The minimum Gasteiger partial charge on any atom is -0.481 e. The average Bonchev–Trinajstić information content (AvgIpc) is 3.18. The predicted molar refractivity (Wildman–Crippen MR) is 81.8 cm³/mol. The molecule has 2 aliphatic rings. The fraction of sp³-hybridized carbons (Fsp3) is 0.625. The Kier molecular flexibility index (Phi) is 4.02. The lowest BCUT2D eigenvalue weighted by Gasteiger charge is -2.24. The number of carbonyl (C=O) groups excluding carboxylic acids is 1. The molecule has 4 nitrogen and oxygen atoms in total. The van der Waals surface area contributed by atoms with E-state index in [0.29, 0.717) is 12.5 Å². The van der Waals surface area contributed by atoms with Gasteiger partial charge in [-0.15, -0.1) is 11.3 Å². The molecule has 1 fully saturated rings. The minimum absolute atomic E-state index is 0.0333. The Morgan fingerprint density at radius 1 is 1.38 bits per heavy atom. The lowest BCUT2D eigenvalue weighted by atomic mass is 9.88. The molecule has 0 saturated heterocycles. The van der Waals surface area contributed by atoms with Gasteiger partial charge in [0.15, 0.2) is 0 Å². The number of carboxylic acid groups (broad SMARTS) is 1. The summed E-state index contributed by atoms with van der Waals surface area (Å²) in [6.45, 7) is 2.59. The van der Waals surface area contributed by atoms with Crippen molar-refractivity contribution in [2.45, 2.75) is 51.5 Å². The van der Waals surface area contributed by atoms with Crippen molar-refractivity contribution < 1.29 is 14.7 Å². The summed E-state index contributed by atoms with van der Waals surface area (Å²) >= 11 is 1.69. The molecule has 1 atom stereocenters. The lowest BCUT2D eigenvalue weighted by Crippen LogP contribution is -2.35. The summed E-state index contributed by atoms with van der Waals surface area (Å²) in [5, 5.41) is 10.8. The normalized spacial score (nSPS) is 20.9. The van der Waals surface area contributed by atoms with Crippen LogP contribution in [0.4, 0.5) is 0 Å². The highest BCUT2D eigenvalue weighted by Gasteiger charge is 2.35. The SMILES string of the molecule is CC1CCc2c(C(=O)N(CCC(=O)O)C3CC3)csc2C1. The highest BCUT2D eigenvalue weighted by atomic mass is 32.1. The minimum atomic E-state index is -0.838. The maximum absolute atomic E-state index is 12.8. The van der Waals surface area contributed by atoms with Gasteiger partial charge in [0.25, 0.3) is 5.91 Å². The summed E-state index contributed by atoms with van der Waals surface area (Å²) in [7, 11) is 0. The Balaban J connectivity index is 1.78. The highest BCUT2D eigenvalue weighted by Crippen LogP contribution is 2.35. The Morgan fingerprint density at radius 2 is 2.14 bits per heavy atom. The van der Waals surface area contributed by atoms with Crippen LogP contribution >= 0.6 is 11.3 Å². The van der Waals surface area contributed by atoms with Gasteiger partial charge in [-0.05, 0) is 43.6 Å². The molecule has 0 radical (unpaired) electrons. The Hall–Kier alpha value is -1.36. The summed E-state index contributed by atoms with van der Waals surface area (Å²) in [6, 6.07) is 0.259. The Labute approximate surface area is 128 Å². The molecule has 1 aromatic rings. The van der Waals surface area contributed by atoms with Crippen molar-refractivity contribution in [2.75, 3.05) is 6.54 Å². The zero-order chi connectivity index (χ0) is 15.0. The lowest BCUT2D eigenvalue weighted by molar-refractivity contribution is -0.137. The van der Waals surface area contributed by atoms with Crippen LogP contribution in [0.25, 0.3) is 0 Å². The van der Waals surface area contributed by atoms with Gasteiger partial charge in [-0.25, -0.2) is 0 Å². The van der Waals surface area contributed by atoms with Gasteiger partial charge in [0.1, 0.15) is 0 Å². The third kappa shape index (κ3) is 3.12. The summed E-state index contributed by atoms with van der Waals surface area (Å²) in [6.07, 6.45) is 5.25. The molecular formula is C16H21NO3S. The van der Waals surface area contributed by atoms with Crippen LogP contribution in [0.15, 0.2) is 5.38 Å². The summed E-state index contributed by atoms with van der Waals surface area (Å²) in [5.74, 6) is -0.0916. The summed E-state index contributed by atoms with van der Waals surface area (Å²) in [5.41, 5.74) is 2.06. The summed E-state index contributed by atoms with van der Waals surface area (Å²) < 4.78 is 0. The molecule has 0 bridgehead atoms. The van der Waals surface area contributed by atoms with Crippen LogP contribution in [0.1, 0.15) is 53.4 Å². The molecule has 2 aliphatic carbocycles. The first-order valence-electron chi connectivity index (χ1n) is 7.68. The average molecular weight is 307 g/mol. The number of nitrogens with zero attached hydrogens (tertiary/aromatic N) is 1. The van der Waals surface area contributed by atoms with Crippen molar-refractivity contribution in [3.63, 3.8) is 0 Å². The fourth-order valence-corrected chi connectivity index (χ4v) is 4.30. The molecule has 1 amide bonds. The van der Waals surface area contributed by atoms with Crippen LogP contribution in [0, 0.1) is 5.92 Å². The van der Waals surface area contributed by atoms with Gasteiger partial charge in [-0.2, -0.15) is 0 Å². The molecule has 1 saturated carbocycles. The van der Waals surface area contributed by atoms with Crippen LogP contribution < -0.4 is 0 Å². The van der Waals surface area contributed by atoms with E-state index in [-0.39, 0.29) is 18.4 Å². The Morgan fingerprint density at radius 3 is 2.81 bits per heavy atom. The van der Waals surface area contributed by atoms with Crippen molar-refractivity contribution in [2.24, 2.45) is 5.92 Å². The van der Waals surface area contributed by atoms with E-state index in [2.05, 4.69) is 6.92 Å². The number of aliphatic carboxylic acids is 1. The second kappa shape index (κ2) is 5.79. The molecule has 1 aromatic heterocycles. The van der Waals surface area contributed by atoms with Gasteiger partial charge >= 0.3 is 5.97 Å². The number of hydrogen-bond donors (Lipinski definition) is 1. The fourth-order valence-electron chi connectivity index (χ4n) is 3.06. The third-order valence-electron chi connectivity index (χ3n) is 4.45. The second-order valence-corrected chi connectivity index (χ2v) is 7.24. The van der Waals surface area contributed by atoms with Gasteiger partial charge in [0.2, 0.25) is 0 Å². The second-order valence-electron chi connectivity index (χ2n) is 6.27. The number of carboxylic acids is 1. The monoisotopic (exact) mass is 307 g/mol. The van der Waals surface area contributed by atoms with E-state index >= 15 is 0 Å². The van der Waals surface area contributed by atoms with Crippen molar-refractivity contribution in [1.29, 1.82) is 0 Å². The number of amides is 1. The predicted octanol–water partition coefficient (Wildman–Crippen LogP) is 2.95. The van der Waals surface area contributed by atoms with Crippen molar-refractivity contribution in [3.8, 4) is 0 Å². The number of fused-ring (bicyclic) bond motifs is 1.